The Labute approximate surface area is 112 Å². The van der Waals surface area contributed by atoms with Crippen molar-refractivity contribution >= 4 is 5.97 Å². The van der Waals surface area contributed by atoms with Gasteiger partial charge in [0.1, 0.15) is 11.7 Å². The zero-order valence-electron chi connectivity index (χ0n) is 11.4. The van der Waals surface area contributed by atoms with Crippen LogP contribution in [0.1, 0.15) is 39.5 Å². The van der Waals surface area contributed by atoms with Gasteiger partial charge in [0, 0.05) is 11.5 Å². The summed E-state index contributed by atoms with van der Waals surface area (Å²) in [4.78, 5) is 11.8. The molecule has 104 valence electrons. The van der Waals surface area contributed by atoms with E-state index in [4.69, 9.17) is 9.47 Å². The Balaban J connectivity index is 1.82. The molecule has 0 radical (unpaired) electrons. The summed E-state index contributed by atoms with van der Waals surface area (Å²) in [6, 6.07) is 0. The van der Waals surface area contributed by atoms with Crippen LogP contribution < -0.4 is 0 Å². The van der Waals surface area contributed by atoms with Crippen molar-refractivity contribution in [3.63, 3.8) is 0 Å². The van der Waals surface area contributed by atoms with Crippen LogP contribution in [-0.2, 0) is 14.3 Å². The van der Waals surface area contributed by atoms with E-state index in [1.807, 2.05) is 6.92 Å². The molecular formula is C15H20O4. The second kappa shape index (κ2) is 3.07. The van der Waals surface area contributed by atoms with Gasteiger partial charge < -0.3 is 14.6 Å². The third-order valence-electron chi connectivity index (χ3n) is 6.05. The van der Waals surface area contributed by atoms with Gasteiger partial charge in [-0.2, -0.15) is 0 Å². The summed E-state index contributed by atoms with van der Waals surface area (Å²) in [6.45, 7) is 7.87. The first-order valence-corrected chi connectivity index (χ1v) is 7.13. The highest BCUT2D eigenvalue weighted by atomic mass is 16.6. The Morgan fingerprint density at radius 1 is 1.32 bits per heavy atom. The highest BCUT2D eigenvalue weighted by Crippen LogP contribution is 2.69. The number of carbonyl (C=O) groups excluding carboxylic acids is 1. The van der Waals surface area contributed by atoms with Gasteiger partial charge in [-0.15, -0.1) is 0 Å². The number of esters is 1. The SMILES string of the molecule is C=C1C(=O)O[C@H]2[C@H]1CC[C@]1(C)O[C@@]13CC[C@@](C)(O)[C@H]23. The lowest BCUT2D eigenvalue weighted by Gasteiger charge is -2.33. The molecule has 4 heteroatoms. The topological polar surface area (TPSA) is 59.1 Å². The Morgan fingerprint density at radius 2 is 2.05 bits per heavy atom. The Kier molecular flexibility index (Phi) is 1.92. The van der Waals surface area contributed by atoms with Crippen molar-refractivity contribution in [2.75, 3.05) is 0 Å². The van der Waals surface area contributed by atoms with Crippen molar-refractivity contribution in [1.29, 1.82) is 0 Å². The van der Waals surface area contributed by atoms with E-state index in [-0.39, 0.29) is 35.1 Å². The van der Waals surface area contributed by atoms with Crippen LogP contribution in [0.2, 0.25) is 0 Å². The van der Waals surface area contributed by atoms with Gasteiger partial charge in [-0.25, -0.2) is 4.79 Å². The molecule has 19 heavy (non-hydrogen) atoms. The third-order valence-corrected chi connectivity index (χ3v) is 6.05. The molecule has 0 aromatic rings. The molecular weight excluding hydrogens is 244 g/mol. The van der Waals surface area contributed by atoms with Crippen molar-refractivity contribution in [2.45, 2.75) is 62.4 Å². The third kappa shape index (κ3) is 1.20. The van der Waals surface area contributed by atoms with E-state index < -0.39 is 5.60 Å². The van der Waals surface area contributed by atoms with E-state index in [9.17, 15) is 9.90 Å². The van der Waals surface area contributed by atoms with Crippen LogP contribution in [0.5, 0.6) is 0 Å². The van der Waals surface area contributed by atoms with E-state index in [1.54, 1.807) is 0 Å². The van der Waals surface area contributed by atoms with E-state index in [2.05, 4.69) is 13.5 Å². The van der Waals surface area contributed by atoms with Crippen LogP contribution in [0, 0.1) is 11.8 Å². The average molecular weight is 264 g/mol. The van der Waals surface area contributed by atoms with Gasteiger partial charge in [-0.1, -0.05) is 6.58 Å². The van der Waals surface area contributed by atoms with Crippen molar-refractivity contribution < 1.29 is 19.4 Å². The number of rotatable bonds is 0. The number of aliphatic hydroxyl groups is 1. The molecule has 2 saturated heterocycles. The average Bonchev–Trinajstić information content (AvgIpc) is 2.70. The fourth-order valence-electron chi connectivity index (χ4n) is 4.92. The summed E-state index contributed by atoms with van der Waals surface area (Å²) < 4.78 is 11.7. The van der Waals surface area contributed by atoms with Gasteiger partial charge >= 0.3 is 5.97 Å². The van der Waals surface area contributed by atoms with Crippen LogP contribution in [0.4, 0.5) is 0 Å². The second-order valence-corrected chi connectivity index (χ2v) is 7.10. The Morgan fingerprint density at radius 3 is 2.79 bits per heavy atom. The van der Waals surface area contributed by atoms with Crippen molar-refractivity contribution in [3.05, 3.63) is 12.2 Å². The highest BCUT2D eigenvalue weighted by molar-refractivity contribution is 5.91. The molecule has 2 aliphatic heterocycles. The van der Waals surface area contributed by atoms with E-state index >= 15 is 0 Å². The minimum Gasteiger partial charge on any atom is -0.458 e. The fourth-order valence-corrected chi connectivity index (χ4v) is 4.92. The Bertz CT molecular complexity index is 496. The van der Waals surface area contributed by atoms with E-state index in [0.717, 1.165) is 19.3 Å². The zero-order valence-corrected chi connectivity index (χ0v) is 11.4. The van der Waals surface area contributed by atoms with Gasteiger partial charge in [-0.05, 0) is 39.5 Å². The lowest BCUT2D eigenvalue weighted by molar-refractivity contribution is -0.147. The summed E-state index contributed by atoms with van der Waals surface area (Å²) in [5.41, 5.74) is -0.695. The van der Waals surface area contributed by atoms with E-state index in [1.165, 1.54) is 0 Å². The maximum Gasteiger partial charge on any atom is 0.334 e. The molecule has 2 heterocycles. The van der Waals surface area contributed by atoms with Gasteiger partial charge in [0.25, 0.3) is 0 Å². The lowest BCUT2D eigenvalue weighted by atomic mass is 9.76. The van der Waals surface area contributed by atoms with E-state index in [0.29, 0.717) is 12.0 Å². The summed E-state index contributed by atoms with van der Waals surface area (Å²) in [5, 5.41) is 10.7. The molecule has 0 bridgehead atoms. The molecule has 0 amide bonds. The number of ether oxygens (including phenoxy) is 2. The monoisotopic (exact) mass is 264 g/mol. The largest absolute Gasteiger partial charge is 0.458 e. The highest BCUT2D eigenvalue weighted by Gasteiger charge is 2.79. The smallest absolute Gasteiger partial charge is 0.334 e. The van der Waals surface area contributed by atoms with Gasteiger partial charge in [0.2, 0.25) is 0 Å². The normalized spacial score (nSPS) is 59.0. The summed E-state index contributed by atoms with van der Waals surface area (Å²) in [5.74, 6) is -0.370. The standard InChI is InChI=1S/C15H20O4/c1-8-9-4-5-14(3)15(19-14)7-6-13(2,17)11(15)10(9)18-12(8)16/h9-11,17H,1,4-7H2,2-3H3/t9-,10-,11-,13+,14-,15+/m0/s1. The van der Waals surface area contributed by atoms with Gasteiger partial charge in [0.15, 0.2) is 0 Å². The molecule has 6 atom stereocenters. The summed E-state index contributed by atoms with van der Waals surface area (Å²) >= 11 is 0. The van der Waals surface area contributed by atoms with Crippen LogP contribution in [0.15, 0.2) is 12.2 Å². The van der Waals surface area contributed by atoms with Crippen LogP contribution >= 0.6 is 0 Å². The number of epoxide rings is 1. The fraction of sp³-hybridized carbons (Fsp3) is 0.800. The molecule has 1 N–H and O–H groups in total. The van der Waals surface area contributed by atoms with Gasteiger partial charge in [0.05, 0.1) is 17.1 Å². The van der Waals surface area contributed by atoms with Crippen molar-refractivity contribution in [1.82, 2.24) is 0 Å². The molecule has 2 saturated carbocycles. The molecule has 4 aliphatic rings. The molecule has 2 aliphatic carbocycles. The first-order valence-electron chi connectivity index (χ1n) is 7.13. The van der Waals surface area contributed by atoms with Crippen LogP contribution in [0.25, 0.3) is 0 Å². The predicted molar refractivity (Wildman–Crippen MR) is 67.3 cm³/mol. The van der Waals surface area contributed by atoms with Crippen LogP contribution in [0.3, 0.4) is 0 Å². The second-order valence-electron chi connectivity index (χ2n) is 7.10. The minimum atomic E-state index is -0.823. The zero-order chi connectivity index (χ0) is 13.6. The minimum absolute atomic E-state index is 0.0483. The maximum absolute atomic E-state index is 11.8. The number of hydrogen-bond acceptors (Lipinski definition) is 4. The maximum atomic E-state index is 11.8. The van der Waals surface area contributed by atoms with Crippen LogP contribution in [-0.4, -0.2) is 34.0 Å². The Hall–Kier alpha value is -0.870. The molecule has 0 aromatic heterocycles. The molecule has 4 rings (SSSR count). The number of fused-ring (bicyclic) bond motifs is 2. The quantitative estimate of drug-likeness (QED) is 0.410. The molecule has 1 spiro atoms. The summed E-state index contributed by atoms with van der Waals surface area (Å²) in [7, 11) is 0. The first-order chi connectivity index (χ1) is 8.81. The molecule has 0 unspecified atom stereocenters. The first kappa shape index (κ1) is 11.9. The summed E-state index contributed by atoms with van der Waals surface area (Å²) in [6.07, 6.45) is 3.08. The number of hydrogen-bond donors (Lipinski definition) is 1. The van der Waals surface area contributed by atoms with Crippen molar-refractivity contribution in [3.8, 4) is 0 Å². The molecule has 4 nitrogen and oxygen atoms in total. The number of carbonyl (C=O) groups is 1. The van der Waals surface area contributed by atoms with Gasteiger partial charge in [-0.3, -0.25) is 0 Å². The predicted octanol–water partition coefficient (Wildman–Crippen LogP) is 1.57. The molecule has 4 fully saturated rings. The van der Waals surface area contributed by atoms with Crippen molar-refractivity contribution in [2.24, 2.45) is 11.8 Å². The lowest BCUT2D eigenvalue weighted by Crippen LogP contribution is -2.46. The molecule has 0 aromatic carbocycles.